The molecule has 0 radical (unpaired) electrons. The monoisotopic (exact) mass is 400 g/mol. The molecule has 0 saturated carbocycles. The molecule has 0 aliphatic carbocycles. The van der Waals surface area contributed by atoms with E-state index in [0.29, 0.717) is 5.56 Å². The van der Waals surface area contributed by atoms with E-state index in [9.17, 15) is 14.9 Å². The molecule has 0 aliphatic rings. The van der Waals surface area contributed by atoms with E-state index >= 15 is 0 Å². The maximum atomic E-state index is 12.0. The number of carbonyl (C=O) groups is 1. The second-order valence-electron chi connectivity index (χ2n) is 6.68. The fraction of sp³-hybridized carbons (Fsp3) is 0.300. The number of amides is 1. The zero-order valence-electron chi connectivity index (χ0n) is 16.4. The van der Waals surface area contributed by atoms with E-state index in [-0.39, 0.29) is 17.3 Å². The van der Waals surface area contributed by atoms with Gasteiger partial charge in [-0.2, -0.15) is 5.10 Å². The maximum absolute atomic E-state index is 12.0. The van der Waals surface area contributed by atoms with Gasteiger partial charge >= 0.3 is 0 Å². The molecule has 1 N–H and O–H groups in total. The third-order valence-electron chi connectivity index (χ3n) is 3.88. The van der Waals surface area contributed by atoms with Crippen molar-refractivity contribution >= 4 is 35.3 Å². The number of nitrogens with zero attached hydrogens (tertiary/aromatic N) is 3. The minimum absolute atomic E-state index is 0.0256. The molecule has 0 aliphatic heterocycles. The summed E-state index contributed by atoms with van der Waals surface area (Å²) in [6.45, 7) is 4.11. The minimum Gasteiger partial charge on any atom is -0.377 e. The first-order chi connectivity index (χ1) is 13.3. The molecule has 0 heterocycles. The van der Waals surface area contributed by atoms with Crippen LogP contribution >= 0.6 is 11.8 Å². The number of non-ortho nitro benzene ring substituents is 1. The SMILES string of the molecule is Cc1cc(C)cc(CSCC(=O)N/N=C\c2cc([N+](=O)[O-])ccc2N(C)C)c1. The van der Waals surface area contributed by atoms with Crippen molar-refractivity contribution in [1.29, 1.82) is 0 Å². The summed E-state index contributed by atoms with van der Waals surface area (Å²) in [7, 11) is 3.67. The fourth-order valence-corrected chi connectivity index (χ4v) is 3.54. The lowest BCUT2D eigenvalue weighted by atomic mass is 10.1. The molecule has 28 heavy (non-hydrogen) atoms. The number of nitro benzene ring substituents is 1. The van der Waals surface area contributed by atoms with Gasteiger partial charge in [-0.1, -0.05) is 29.3 Å². The molecule has 2 aromatic rings. The van der Waals surface area contributed by atoms with Crippen molar-refractivity contribution in [2.75, 3.05) is 24.7 Å². The van der Waals surface area contributed by atoms with Gasteiger partial charge in [-0.3, -0.25) is 14.9 Å². The van der Waals surface area contributed by atoms with Crippen molar-refractivity contribution in [1.82, 2.24) is 5.43 Å². The highest BCUT2D eigenvalue weighted by molar-refractivity contribution is 7.99. The Kier molecular flexibility index (Phi) is 7.57. The van der Waals surface area contributed by atoms with Crippen LogP contribution in [0, 0.1) is 24.0 Å². The second-order valence-corrected chi connectivity index (χ2v) is 7.66. The molecule has 0 bridgehead atoms. The normalized spacial score (nSPS) is 10.9. The molecule has 148 valence electrons. The van der Waals surface area contributed by atoms with Crippen LogP contribution in [-0.4, -0.2) is 36.9 Å². The third-order valence-corrected chi connectivity index (χ3v) is 4.88. The Bertz CT molecular complexity index is 877. The number of nitro groups is 1. The molecule has 0 spiro atoms. The summed E-state index contributed by atoms with van der Waals surface area (Å²) in [4.78, 5) is 24.3. The smallest absolute Gasteiger partial charge is 0.270 e. The quantitative estimate of drug-likeness (QED) is 0.415. The summed E-state index contributed by atoms with van der Waals surface area (Å²) >= 11 is 1.51. The number of anilines is 1. The molecule has 7 nitrogen and oxygen atoms in total. The number of rotatable bonds is 8. The van der Waals surface area contributed by atoms with Gasteiger partial charge in [-0.15, -0.1) is 11.8 Å². The Morgan fingerprint density at radius 1 is 1.21 bits per heavy atom. The first-order valence-electron chi connectivity index (χ1n) is 8.69. The lowest BCUT2D eigenvalue weighted by Gasteiger charge is -2.14. The number of hydrogen-bond donors (Lipinski definition) is 1. The van der Waals surface area contributed by atoms with Gasteiger partial charge in [-0.25, -0.2) is 5.43 Å². The molecule has 0 saturated heterocycles. The topological polar surface area (TPSA) is 87.8 Å². The first kappa shape index (κ1) is 21.4. The van der Waals surface area contributed by atoms with Crippen LogP contribution in [0.2, 0.25) is 0 Å². The molecular weight excluding hydrogens is 376 g/mol. The lowest BCUT2D eigenvalue weighted by Crippen LogP contribution is -2.20. The van der Waals surface area contributed by atoms with Crippen LogP contribution < -0.4 is 10.3 Å². The maximum Gasteiger partial charge on any atom is 0.270 e. The summed E-state index contributed by atoms with van der Waals surface area (Å²) in [5.41, 5.74) is 7.38. The largest absolute Gasteiger partial charge is 0.377 e. The highest BCUT2D eigenvalue weighted by Crippen LogP contribution is 2.22. The van der Waals surface area contributed by atoms with Crippen LogP contribution in [0.25, 0.3) is 0 Å². The Labute approximate surface area is 169 Å². The number of benzene rings is 2. The van der Waals surface area contributed by atoms with E-state index in [2.05, 4.69) is 42.6 Å². The van der Waals surface area contributed by atoms with Crippen molar-refractivity contribution < 1.29 is 9.72 Å². The Balaban J connectivity index is 1.92. The van der Waals surface area contributed by atoms with Crippen molar-refractivity contribution in [3.05, 3.63) is 68.8 Å². The van der Waals surface area contributed by atoms with Gasteiger partial charge in [0.2, 0.25) is 5.91 Å². The van der Waals surface area contributed by atoms with Gasteiger partial charge in [-0.05, 0) is 25.5 Å². The number of hydrogen-bond acceptors (Lipinski definition) is 6. The number of aryl methyl sites for hydroxylation is 2. The summed E-state index contributed by atoms with van der Waals surface area (Å²) in [6.07, 6.45) is 1.43. The molecule has 2 aromatic carbocycles. The van der Waals surface area contributed by atoms with Gasteiger partial charge in [0.25, 0.3) is 5.69 Å². The second kappa shape index (κ2) is 9.89. The zero-order chi connectivity index (χ0) is 20.7. The molecule has 0 fully saturated rings. The Hall–Kier alpha value is -2.87. The van der Waals surface area contributed by atoms with Crippen LogP contribution in [0.4, 0.5) is 11.4 Å². The van der Waals surface area contributed by atoms with E-state index in [1.54, 1.807) is 6.07 Å². The average Bonchev–Trinajstić information content (AvgIpc) is 2.60. The van der Waals surface area contributed by atoms with Crippen LogP contribution in [-0.2, 0) is 10.5 Å². The highest BCUT2D eigenvalue weighted by atomic mass is 32.2. The molecular formula is C20H24N4O3S. The fourth-order valence-electron chi connectivity index (χ4n) is 2.79. The van der Waals surface area contributed by atoms with E-state index in [4.69, 9.17) is 0 Å². The van der Waals surface area contributed by atoms with Gasteiger partial charge in [0, 0.05) is 43.2 Å². The van der Waals surface area contributed by atoms with Crippen LogP contribution in [0.15, 0.2) is 41.5 Å². The van der Waals surface area contributed by atoms with Crippen LogP contribution in [0.5, 0.6) is 0 Å². The molecule has 0 aromatic heterocycles. The van der Waals surface area contributed by atoms with Crippen LogP contribution in [0.1, 0.15) is 22.3 Å². The molecule has 1 amide bonds. The number of nitrogens with one attached hydrogen (secondary N) is 1. The van der Waals surface area contributed by atoms with Crippen LogP contribution in [0.3, 0.4) is 0 Å². The van der Waals surface area contributed by atoms with Gasteiger partial charge in [0.1, 0.15) is 0 Å². The molecule has 2 rings (SSSR count). The number of carbonyl (C=O) groups excluding carboxylic acids is 1. The van der Waals surface area contributed by atoms with Gasteiger partial charge in [0.15, 0.2) is 0 Å². The van der Waals surface area contributed by atoms with E-state index in [1.165, 1.54) is 46.8 Å². The zero-order valence-corrected chi connectivity index (χ0v) is 17.2. The molecule has 0 unspecified atom stereocenters. The Morgan fingerprint density at radius 2 is 1.89 bits per heavy atom. The van der Waals surface area contributed by atoms with Crippen molar-refractivity contribution in [3.63, 3.8) is 0 Å². The predicted octanol–water partition coefficient (Wildman–Crippen LogP) is 3.66. The number of thioether (sulfide) groups is 1. The molecule has 0 atom stereocenters. The van der Waals surface area contributed by atoms with Gasteiger partial charge in [0.05, 0.1) is 16.9 Å². The highest BCUT2D eigenvalue weighted by Gasteiger charge is 2.11. The van der Waals surface area contributed by atoms with Crippen molar-refractivity contribution in [2.24, 2.45) is 5.10 Å². The van der Waals surface area contributed by atoms with E-state index < -0.39 is 4.92 Å². The minimum atomic E-state index is -0.459. The van der Waals surface area contributed by atoms with E-state index in [1.807, 2.05) is 19.0 Å². The van der Waals surface area contributed by atoms with Crippen molar-refractivity contribution in [2.45, 2.75) is 19.6 Å². The van der Waals surface area contributed by atoms with E-state index in [0.717, 1.165) is 11.4 Å². The predicted molar refractivity (Wildman–Crippen MR) is 115 cm³/mol. The van der Waals surface area contributed by atoms with Gasteiger partial charge < -0.3 is 4.90 Å². The Morgan fingerprint density at radius 3 is 2.50 bits per heavy atom. The summed E-state index contributed by atoms with van der Waals surface area (Å²) in [5, 5.41) is 14.9. The summed E-state index contributed by atoms with van der Waals surface area (Å²) in [5.74, 6) is 0.803. The lowest BCUT2D eigenvalue weighted by molar-refractivity contribution is -0.384. The number of hydrazone groups is 1. The standard InChI is InChI=1S/C20H24N4O3S/c1-14-7-15(2)9-16(8-14)12-28-13-20(25)22-21-11-17-10-18(24(26)27)5-6-19(17)23(3)4/h5-11H,12-13H2,1-4H3,(H,22,25)/b21-11-. The average molecular weight is 401 g/mol. The van der Waals surface area contributed by atoms with Crippen molar-refractivity contribution in [3.8, 4) is 0 Å². The first-order valence-corrected chi connectivity index (χ1v) is 9.84. The summed E-state index contributed by atoms with van der Waals surface area (Å²) < 4.78 is 0. The summed E-state index contributed by atoms with van der Waals surface area (Å²) in [6, 6.07) is 10.9. The third kappa shape index (κ3) is 6.38. The molecule has 8 heteroatoms.